The molecule has 1 aromatic carbocycles. The van der Waals surface area contributed by atoms with Gasteiger partial charge in [-0.2, -0.15) is 5.10 Å². The van der Waals surface area contributed by atoms with Crippen LogP contribution in [0.5, 0.6) is 11.5 Å². The molecule has 4 rings (SSSR count). The van der Waals surface area contributed by atoms with Gasteiger partial charge in [0.1, 0.15) is 11.5 Å². The summed E-state index contributed by atoms with van der Waals surface area (Å²) in [6.07, 6.45) is 8.53. The fraction of sp³-hybridized carbons (Fsp3) is 0.318. The van der Waals surface area contributed by atoms with Crippen molar-refractivity contribution in [3.63, 3.8) is 0 Å². The molecular weight excluding hydrogens is 366 g/mol. The molecule has 1 amide bonds. The quantitative estimate of drug-likeness (QED) is 0.675. The van der Waals surface area contributed by atoms with Crippen molar-refractivity contribution in [2.45, 2.75) is 38.4 Å². The van der Waals surface area contributed by atoms with Crippen molar-refractivity contribution in [3.05, 3.63) is 71.8 Å². The third-order valence-corrected chi connectivity index (χ3v) is 5.16. The van der Waals surface area contributed by atoms with Crippen molar-refractivity contribution in [2.75, 3.05) is 0 Å². The maximum atomic E-state index is 11.9. The van der Waals surface area contributed by atoms with Gasteiger partial charge in [0, 0.05) is 44.0 Å². The summed E-state index contributed by atoms with van der Waals surface area (Å²) in [5, 5.41) is 11.0. The van der Waals surface area contributed by atoms with Crippen LogP contribution >= 0.6 is 0 Å². The van der Waals surface area contributed by atoms with E-state index in [1.165, 1.54) is 5.56 Å². The summed E-state index contributed by atoms with van der Waals surface area (Å²) >= 11 is 0. The summed E-state index contributed by atoms with van der Waals surface area (Å²) in [6.45, 7) is 2.75. The fourth-order valence-electron chi connectivity index (χ4n) is 3.66. The molecule has 2 N–H and O–H groups in total. The largest absolute Gasteiger partial charge is 0.455 e. The highest BCUT2D eigenvalue weighted by molar-refractivity contribution is 5.77. The lowest BCUT2D eigenvalue weighted by Crippen LogP contribution is -2.48. The molecule has 2 atom stereocenters. The number of carbonyl (C=O) groups is 1. The maximum Gasteiger partial charge on any atom is 0.220 e. The Hall–Kier alpha value is -3.19. The van der Waals surface area contributed by atoms with Gasteiger partial charge in [0.25, 0.3) is 0 Å². The Labute approximate surface area is 170 Å². The third-order valence-electron chi connectivity index (χ3n) is 5.16. The van der Waals surface area contributed by atoms with Crippen LogP contribution in [-0.4, -0.2) is 26.7 Å². The zero-order chi connectivity index (χ0) is 20.2. The van der Waals surface area contributed by atoms with Gasteiger partial charge in [-0.15, -0.1) is 0 Å². The molecule has 7 nitrogen and oxygen atoms in total. The lowest BCUT2D eigenvalue weighted by molar-refractivity contribution is -0.123. The summed E-state index contributed by atoms with van der Waals surface area (Å²) in [7, 11) is 1.88. The average Bonchev–Trinajstić information content (AvgIpc) is 3.16. The molecule has 3 aromatic rings. The second-order valence-electron chi connectivity index (χ2n) is 7.41. The van der Waals surface area contributed by atoms with Crippen LogP contribution in [0.4, 0.5) is 0 Å². The standard InChI is InChI=1S/C22H25N5O2/c1-15-10-16(5-7-20(15)29-18-4-3-9-23-13-18)11-24-19-6-8-21(28)26-22(19)17-12-25-27(2)14-17/h3-5,7,9-10,12-14,19,22,24H,6,8,11H2,1-2H3,(H,26,28)/t19-,22+/m1/s1. The Morgan fingerprint density at radius 2 is 2.21 bits per heavy atom. The number of hydrogen-bond donors (Lipinski definition) is 2. The number of pyridine rings is 1. The zero-order valence-electron chi connectivity index (χ0n) is 16.6. The van der Waals surface area contributed by atoms with Crippen LogP contribution in [0.1, 0.15) is 35.6 Å². The molecule has 7 heteroatoms. The van der Waals surface area contributed by atoms with Gasteiger partial charge in [-0.25, -0.2) is 0 Å². The van der Waals surface area contributed by atoms with Gasteiger partial charge in [-0.1, -0.05) is 12.1 Å². The predicted octanol–water partition coefficient (Wildman–Crippen LogP) is 3.03. The number of nitrogens with zero attached hydrogens (tertiary/aromatic N) is 3. The average molecular weight is 391 g/mol. The van der Waals surface area contributed by atoms with Crippen LogP contribution < -0.4 is 15.4 Å². The summed E-state index contributed by atoms with van der Waals surface area (Å²) in [6, 6.07) is 10.00. The molecule has 1 aliphatic heterocycles. The molecule has 0 aliphatic carbocycles. The van der Waals surface area contributed by atoms with Crippen LogP contribution in [0.3, 0.4) is 0 Å². The number of benzene rings is 1. The second-order valence-corrected chi connectivity index (χ2v) is 7.41. The van der Waals surface area contributed by atoms with E-state index < -0.39 is 0 Å². The van der Waals surface area contributed by atoms with Crippen molar-refractivity contribution in [1.29, 1.82) is 0 Å². The van der Waals surface area contributed by atoms with Gasteiger partial charge in [0.05, 0.1) is 18.4 Å². The molecular formula is C22H25N5O2. The van der Waals surface area contributed by atoms with Crippen LogP contribution in [0, 0.1) is 6.92 Å². The number of hydrogen-bond acceptors (Lipinski definition) is 5. The van der Waals surface area contributed by atoms with Crippen molar-refractivity contribution < 1.29 is 9.53 Å². The number of rotatable bonds is 6. The maximum absolute atomic E-state index is 11.9. The minimum atomic E-state index is -0.0702. The number of aryl methyl sites for hydroxylation is 2. The van der Waals surface area contributed by atoms with Crippen LogP contribution in [0.25, 0.3) is 0 Å². The van der Waals surface area contributed by atoms with E-state index in [1.807, 2.05) is 44.6 Å². The van der Waals surface area contributed by atoms with Gasteiger partial charge in [0.2, 0.25) is 5.91 Å². The number of nitrogens with one attached hydrogen (secondary N) is 2. The van der Waals surface area contributed by atoms with E-state index in [2.05, 4.69) is 32.8 Å². The number of piperidine rings is 1. The predicted molar refractivity (Wildman–Crippen MR) is 109 cm³/mol. The van der Waals surface area contributed by atoms with Gasteiger partial charge < -0.3 is 15.4 Å². The highest BCUT2D eigenvalue weighted by atomic mass is 16.5. The molecule has 0 spiro atoms. The lowest BCUT2D eigenvalue weighted by atomic mass is 9.93. The Bertz CT molecular complexity index is 986. The molecule has 2 aromatic heterocycles. The first-order valence-corrected chi connectivity index (χ1v) is 9.77. The van der Waals surface area contributed by atoms with E-state index in [1.54, 1.807) is 17.1 Å². The Kier molecular flexibility index (Phi) is 5.57. The van der Waals surface area contributed by atoms with E-state index >= 15 is 0 Å². The first-order chi connectivity index (χ1) is 14.1. The smallest absolute Gasteiger partial charge is 0.220 e. The highest BCUT2D eigenvalue weighted by Gasteiger charge is 2.30. The van der Waals surface area contributed by atoms with E-state index in [0.29, 0.717) is 13.0 Å². The molecule has 0 saturated carbocycles. The summed E-state index contributed by atoms with van der Waals surface area (Å²) in [5.74, 6) is 1.63. The lowest BCUT2D eigenvalue weighted by Gasteiger charge is -2.32. The van der Waals surface area contributed by atoms with Gasteiger partial charge in [0.15, 0.2) is 0 Å². The first kappa shape index (κ1) is 19.1. The summed E-state index contributed by atoms with van der Waals surface area (Å²) < 4.78 is 7.67. The number of amides is 1. The molecule has 0 unspecified atom stereocenters. The van der Waals surface area contributed by atoms with E-state index in [9.17, 15) is 4.79 Å². The first-order valence-electron chi connectivity index (χ1n) is 9.77. The zero-order valence-corrected chi connectivity index (χ0v) is 16.6. The van der Waals surface area contributed by atoms with Crippen LogP contribution in [0.15, 0.2) is 55.1 Å². The minimum absolute atomic E-state index is 0.0702. The fourth-order valence-corrected chi connectivity index (χ4v) is 3.66. The number of aromatic nitrogens is 3. The van der Waals surface area contributed by atoms with E-state index in [4.69, 9.17) is 4.74 Å². The third kappa shape index (κ3) is 4.63. The molecule has 0 bridgehead atoms. The van der Waals surface area contributed by atoms with Crippen molar-refractivity contribution >= 4 is 5.91 Å². The molecule has 29 heavy (non-hydrogen) atoms. The summed E-state index contributed by atoms with van der Waals surface area (Å²) in [5.41, 5.74) is 3.26. The Morgan fingerprint density at radius 1 is 1.31 bits per heavy atom. The molecule has 1 fully saturated rings. The van der Waals surface area contributed by atoms with Crippen LogP contribution in [-0.2, 0) is 18.4 Å². The SMILES string of the molecule is Cc1cc(CN[C@@H]2CCC(=O)N[C@H]2c2cnn(C)c2)ccc1Oc1cccnc1. The number of carbonyl (C=O) groups excluding carboxylic acids is 1. The van der Waals surface area contributed by atoms with Crippen LogP contribution in [0.2, 0.25) is 0 Å². The highest BCUT2D eigenvalue weighted by Crippen LogP contribution is 2.27. The molecule has 150 valence electrons. The van der Waals surface area contributed by atoms with Gasteiger partial charge in [-0.05, 0) is 42.7 Å². The number of ether oxygens (including phenoxy) is 1. The molecule has 3 heterocycles. The van der Waals surface area contributed by atoms with Crippen molar-refractivity contribution in [1.82, 2.24) is 25.4 Å². The van der Waals surface area contributed by atoms with E-state index in [-0.39, 0.29) is 18.0 Å². The molecule has 0 radical (unpaired) electrons. The Morgan fingerprint density at radius 3 is 2.93 bits per heavy atom. The van der Waals surface area contributed by atoms with Crippen molar-refractivity contribution in [3.8, 4) is 11.5 Å². The Balaban J connectivity index is 1.42. The topological polar surface area (TPSA) is 81.1 Å². The molecule has 1 aliphatic rings. The van der Waals surface area contributed by atoms with Crippen molar-refractivity contribution in [2.24, 2.45) is 7.05 Å². The monoisotopic (exact) mass is 391 g/mol. The summed E-state index contributed by atoms with van der Waals surface area (Å²) in [4.78, 5) is 16.0. The normalized spacial score (nSPS) is 19.0. The minimum Gasteiger partial charge on any atom is -0.455 e. The molecule has 1 saturated heterocycles. The second kappa shape index (κ2) is 8.45. The van der Waals surface area contributed by atoms with Gasteiger partial charge >= 0.3 is 0 Å². The van der Waals surface area contributed by atoms with E-state index in [0.717, 1.165) is 29.0 Å². The van der Waals surface area contributed by atoms with Gasteiger partial charge in [-0.3, -0.25) is 14.5 Å².